The van der Waals surface area contributed by atoms with Crippen LogP contribution in [0.5, 0.6) is 0 Å². The maximum atomic E-state index is 13.4. The van der Waals surface area contributed by atoms with E-state index in [1.54, 1.807) is 30.3 Å². The van der Waals surface area contributed by atoms with E-state index in [0.29, 0.717) is 11.3 Å². The van der Waals surface area contributed by atoms with Gasteiger partial charge >= 0.3 is 0 Å². The monoisotopic (exact) mass is 457 g/mol. The van der Waals surface area contributed by atoms with Crippen molar-refractivity contribution in [1.82, 2.24) is 0 Å². The molecule has 0 bridgehead atoms. The Hall–Kier alpha value is -2.77. The highest BCUT2D eigenvalue weighted by Gasteiger charge is 2.47. The molecule has 28 heavy (non-hydrogen) atoms. The number of hydrogen-bond donors (Lipinski definition) is 1. The zero-order chi connectivity index (χ0) is 19.8. The Kier molecular flexibility index (Phi) is 4.87. The van der Waals surface area contributed by atoms with Crippen molar-refractivity contribution in [2.45, 2.75) is 6.04 Å². The normalized spacial score (nSPS) is 18.6. The third kappa shape index (κ3) is 3.16. The predicted molar refractivity (Wildman–Crippen MR) is 110 cm³/mol. The van der Waals surface area contributed by atoms with E-state index in [9.17, 15) is 19.1 Å². The van der Waals surface area contributed by atoms with Gasteiger partial charge in [0, 0.05) is 20.6 Å². The van der Waals surface area contributed by atoms with Crippen LogP contribution in [0.2, 0.25) is 0 Å². The van der Waals surface area contributed by atoms with Crippen molar-refractivity contribution in [2.24, 2.45) is 0 Å². The van der Waals surface area contributed by atoms with Crippen molar-refractivity contribution in [1.29, 1.82) is 0 Å². The van der Waals surface area contributed by atoms with E-state index in [-0.39, 0.29) is 11.3 Å². The van der Waals surface area contributed by atoms with E-state index in [1.165, 1.54) is 40.5 Å². The fourth-order valence-electron chi connectivity index (χ4n) is 3.18. The second-order valence-corrected chi connectivity index (χ2v) is 8.06. The van der Waals surface area contributed by atoms with E-state index in [1.807, 2.05) is 11.4 Å². The van der Waals surface area contributed by atoms with Gasteiger partial charge in [0.1, 0.15) is 17.6 Å². The van der Waals surface area contributed by atoms with E-state index in [4.69, 9.17) is 0 Å². The Morgan fingerprint density at radius 1 is 1.04 bits per heavy atom. The summed E-state index contributed by atoms with van der Waals surface area (Å²) in [7, 11) is 0. The van der Waals surface area contributed by atoms with E-state index in [0.717, 1.165) is 9.35 Å². The summed E-state index contributed by atoms with van der Waals surface area (Å²) in [5.74, 6) is -2.22. The lowest BCUT2D eigenvalue weighted by atomic mass is 10.00. The maximum absolute atomic E-state index is 13.4. The van der Waals surface area contributed by atoms with Crippen LogP contribution in [0.4, 0.5) is 10.1 Å². The molecule has 1 aliphatic rings. The molecular weight excluding hydrogens is 445 g/mol. The van der Waals surface area contributed by atoms with Gasteiger partial charge in [0.25, 0.3) is 11.7 Å². The molecule has 140 valence electrons. The van der Waals surface area contributed by atoms with Crippen LogP contribution in [0.25, 0.3) is 5.76 Å². The standard InChI is InChI=1S/C21H13BrFNO3S/c22-13-5-3-12(4-6-13)19(25)17-18(16-2-1-11-28-16)24(21(27)20(17)26)15-9-7-14(23)8-10-15/h1-11,18,25H/b19-17-. The Labute approximate surface area is 172 Å². The lowest BCUT2D eigenvalue weighted by Crippen LogP contribution is -2.29. The fraction of sp³-hybridized carbons (Fsp3) is 0.0476. The lowest BCUT2D eigenvalue weighted by Gasteiger charge is -2.24. The molecule has 7 heteroatoms. The predicted octanol–water partition coefficient (Wildman–Crippen LogP) is 5.28. The van der Waals surface area contributed by atoms with Crippen LogP contribution in [0.15, 0.2) is 76.1 Å². The van der Waals surface area contributed by atoms with Crippen LogP contribution in [0.3, 0.4) is 0 Å². The van der Waals surface area contributed by atoms with Gasteiger partial charge in [0.05, 0.1) is 5.57 Å². The minimum atomic E-state index is -0.783. The van der Waals surface area contributed by atoms with Crippen molar-refractivity contribution in [3.05, 3.63) is 92.3 Å². The van der Waals surface area contributed by atoms with E-state index in [2.05, 4.69) is 15.9 Å². The molecule has 1 saturated heterocycles. The smallest absolute Gasteiger partial charge is 0.300 e. The second kappa shape index (κ2) is 7.33. The van der Waals surface area contributed by atoms with Crippen molar-refractivity contribution >= 4 is 50.4 Å². The highest BCUT2D eigenvalue weighted by Crippen LogP contribution is 2.43. The zero-order valence-electron chi connectivity index (χ0n) is 14.3. The fourth-order valence-corrected chi connectivity index (χ4v) is 4.27. The molecule has 2 heterocycles. The summed E-state index contributed by atoms with van der Waals surface area (Å²) in [6, 6.07) is 15.0. The molecule has 0 saturated carbocycles. The molecule has 1 N–H and O–H groups in total. The number of carbonyl (C=O) groups is 2. The summed E-state index contributed by atoms with van der Waals surface area (Å²) in [5, 5.41) is 12.7. The summed E-state index contributed by atoms with van der Waals surface area (Å²) in [6.07, 6.45) is 0. The number of anilines is 1. The number of rotatable bonds is 3. The molecule has 1 unspecified atom stereocenters. The molecule has 4 rings (SSSR count). The molecule has 3 aromatic rings. The maximum Gasteiger partial charge on any atom is 0.300 e. The number of ketones is 1. The topological polar surface area (TPSA) is 57.6 Å². The van der Waals surface area contributed by atoms with Gasteiger partial charge in [-0.2, -0.15) is 0 Å². The Bertz CT molecular complexity index is 1080. The van der Waals surface area contributed by atoms with Gasteiger partial charge < -0.3 is 5.11 Å². The third-order valence-corrected chi connectivity index (χ3v) is 5.93. The van der Waals surface area contributed by atoms with Crippen LogP contribution in [-0.4, -0.2) is 16.8 Å². The van der Waals surface area contributed by atoms with Crippen LogP contribution in [-0.2, 0) is 9.59 Å². The van der Waals surface area contributed by atoms with Crippen molar-refractivity contribution in [3.63, 3.8) is 0 Å². The number of thiophene rings is 1. The van der Waals surface area contributed by atoms with Crippen molar-refractivity contribution in [3.8, 4) is 0 Å². The Balaban J connectivity index is 1.91. The summed E-state index contributed by atoms with van der Waals surface area (Å²) in [6.45, 7) is 0. The van der Waals surface area contributed by atoms with Crippen LogP contribution in [0, 0.1) is 5.82 Å². The molecule has 4 nitrogen and oxygen atoms in total. The minimum absolute atomic E-state index is 0.0131. The van der Waals surface area contributed by atoms with Crippen molar-refractivity contribution < 1.29 is 19.1 Å². The molecule has 0 aliphatic carbocycles. The summed E-state index contributed by atoms with van der Waals surface area (Å²) < 4.78 is 14.2. The number of halogens is 2. The number of Topliss-reactive ketones (excluding diaryl/α,β-unsaturated/α-hetero) is 1. The second-order valence-electron chi connectivity index (χ2n) is 6.17. The average molecular weight is 458 g/mol. The highest BCUT2D eigenvalue weighted by molar-refractivity contribution is 9.10. The highest BCUT2D eigenvalue weighted by atomic mass is 79.9. The number of carbonyl (C=O) groups excluding carboxylic acids is 2. The number of amides is 1. The number of aliphatic hydroxyl groups is 1. The minimum Gasteiger partial charge on any atom is -0.507 e. The van der Waals surface area contributed by atoms with Crippen LogP contribution < -0.4 is 4.90 Å². The summed E-state index contributed by atoms with van der Waals surface area (Å²) >= 11 is 4.70. The van der Waals surface area contributed by atoms with Gasteiger partial charge in [-0.3, -0.25) is 14.5 Å². The molecule has 1 aliphatic heterocycles. The number of benzene rings is 2. The SMILES string of the molecule is O=C1C(=O)N(c2ccc(F)cc2)C(c2cccs2)/C1=C(/O)c1ccc(Br)cc1. The summed E-state index contributed by atoms with van der Waals surface area (Å²) in [5.41, 5.74) is 0.831. The molecule has 1 fully saturated rings. The van der Waals surface area contributed by atoms with Crippen LogP contribution >= 0.6 is 27.3 Å². The van der Waals surface area contributed by atoms with E-state index < -0.39 is 23.5 Å². The van der Waals surface area contributed by atoms with Crippen LogP contribution in [0.1, 0.15) is 16.5 Å². The molecule has 0 spiro atoms. The first-order valence-electron chi connectivity index (χ1n) is 8.33. The van der Waals surface area contributed by atoms with Gasteiger partial charge in [-0.05, 0) is 47.8 Å². The average Bonchev–Trinajstić information content (AvgIpc) is 3.30. The first kappa shape index (κ1) is 18.6. The number of nitrogens with zero attached hydrogens (tertiary/aromatic N) is 1. The van der Waals surface area contributed by atoms with Gasteiger partial charge in [-0.15, -0.1) is 11.3 Å². The number of hydrogen-bond acceptors (Lipinski definition) is 4. The first-order valence-corrected chi connectivity index (χ1v) is 10.0. The van der Waals surface area contributed by atoms with Gasteiger partial charge in [0.15, 0.2) is 0 Å². The van der Waals surface area contributed by atoms with Gasteiger partial charge in [-0.1, -0.05) is 34.1 Å². The quantitative estimate of drug-likeness (QED) is 0.330. The molecule has 1 amide bonds. The molecule has 0 radical (unpaired) electrons. The molecule has 1 atom stereocenters. The zero-order valence-corrected chi connectivity index (χ0v) is 16.7. The van der Waals surface area contributed by atoms with Gasteiger partial charge in [0.2, 0.25) is 0 Å². The third-order valence-electron chi connectivity index (χ3n) is 4.48. The molecule has 2 aromatic carbocycles. The summed E-state index contributed by atoms with van der Waals surface area (Å²) in [4.78, 5) is 27.7. The number of aliphatic hydroxyl groups excluding tert-OH is 1. The molecular formula is C21H13BrFNO3S. The largest absolute Gasteiger partial charge is 0.507 e. The lowest BCUT2D eigenvalue weighted by molar-refractivity contribution is -0.132. The Morgan fingerprint density at radius 2 is 1.71 bits per heavy atom. The van der Waals surface area contributed by atoms with Gasteiger partial charge in [-0.25, -0.2) is 4.39 Å². The van der Waals surface area contributed by atoms with E-state index >= 15 is 0 Å². The first-order chi connectivity index (χ1) is 13.5. The molecule has 1 aromatic heterocycles. The Morgan fingerprint density at radius 3 is 2.32 bits per heavy atom. The van der Waals surface area contributed by atoms with Crippen molar-refractivity contribution in [2.75, 3.05) is 4.90 Å².